The van der Waals surface area contributed by atoms with Gasteiger partial charge in [-0.15, -0.1) is 0 Å². The fourth-order valence-corrected chi connectivity index (χ4v) is 3.11. The summed E-state index contributed by atoms with van der Waals surface area (Å²) in [5.41, 5.74) is 1.51. The molecule has 6 heteroatoms. The lowest BCUT2D eigenvalue weighted by Gasteiger charge is -2.12. The van der Waals surface area contributed by atoms with Crippen LogP contribution in [0.3, 0.4) is 0 Å². The molecule has 1 aromatic carbocycles. The summed E-state index contributed by atoms with van der Waals surface area (Å²) >= 11 is 0. The second-order valence-electron chi connectivity index (χ2n) is 4.08. The molecule has 1 aromatic rings. The van der Waals surface area contributed by atoms with Crippen molar-refractivity contribution in [2.24, 2.45) is 0 Å². The number of methoxy groups -OCH3 is 1. The van der Waals surface area contributed by atoms with E-state index in [0.29, 0.717) is 5.56 Å². The van der Waals surface area contributed by atoms with Crippen molar-refractivity contribution in [3.05, 3.63) is 35.4 Å². The van der Waals surface area contributed by atoms with Crippen molar-refractivity contribution < 1.29 is 23.1 Å². The SMILES string of the molecule is COCC(C(=O)O)S(=O)(=O)Cc1cccc(C)c1. The third-order valence-electron chi connectivity index (χ3n) is 2.48. The summed E-state index contributed by atoms with van der Waals surface area (Å²) in [5, 5.41) is 7.39. The summed E-state index contributed by atoms with van der Waals surface area (Å²) in [7, 11) is -2.50. The number of aliphatic carboxylic acids is 1. The van der Waals surface area contributed by atoms with Gasteiger partial charge in [-0.3, -0.25) is 4.79 Å². The molecule has 0 radical (unpaired) electrons. The lowest BCUT2D eigenvalue weighted by atomic mass is 10.2. The highest BCUT2D eigenvalue weighted by Gasteiger charge is 2.32. The third kappa shape index (κ3) is 3.82. The van der Waals surface area contributed by atoms with Crippen molar-refractivity contribution in [1.29, 1.82) is 0 Å². The van der Waals surface area contributed by atoms with Crippen molar-refractivity contribution in [1.82, 2.24) is 0 Å². The van der Waals surface area contributed by atoms with E-state index in [4.69, 9.17) is 5.11 Å². The minimum absolute atomic E-state index is 0.297. The molecular weight excluding hydrogens is 256 g/mol. The molecule has 1 unspecified atom stereocenters. The highest BCUT2D eigenvalue weighted by molar-refractivity contribution is 7.92. The standard InChI is InChI=1S/C12H16O5S/c1-9-4-3-5-10(6-9)8-18(15,16)11(7-17-2)12(13)14/h3-6,11H,7-8H2,1-2H3,(H,13,14). The summed E-state index contributed by atoms with van der Waals surface area (Å²) in [5.74, 6) is -1.68. The number of hydrogen-bond donors (Lipinski definition) is 1. The summed E-state index contributed by atoms with van der Waals surface area (Å²) in [4.78, 5) is 10.9. The van der Waals surface area contributed by atoms with E-state index in [2.05, 4.69) is 4.74 Å². The smallest absolute Gasteiger partial charge is 0.324 e. The summed E-state index contributed by atoms with van der Waals surface area (Å²) < 4.78 is 28.6. The zero-order valence-electron chi connectivity index (χ0n) is 10.3. The molecule has 0 spiro atoms. The number of aryl methyl sites for hydroxylation is 1. The number of hydrogen-bond acceptors (Lipinski definition) is 4. The molecule has 0 aliphatic rings. The zero-order chi connectivity index (χ0) is 13.8. The van der Waals surface area contributed by atoms with Crippen LogP contribution >= 0.6 is 0 Å². The van der Waals surface area contributed by atoms with Gasteiger partial charge in [0.15, 0.2) is 15.1 Å². The molecule has 0 aliphatic carbocycles. The summed E-state index contributed by atoms with van der Waals surface area (Å²) in [6.07, 6.45) is 0. The molecule has 0 saturated carbocycles. The van der Waals surface area contributed by atoms with Crippen LogP contribution in [0, 0.1) is 6.92 Å². The van der Waals surface area contributed by atoms with E-state index in [1.807, 2.05) is 13.0 Å². The van der Waals surface area contributed by atoms with Crippen LogP contribution in [-0.2, 0) is 25.1 Å². The number of carboxylic acid groups (broad SMARTS) is 1. The Labute approximate surface area is 106 Å². The maximum atomic E-state index is 12.0. The number of rotatable bonds is 6. The van der Waals surface area contributed by atoms with Crippen molar-refractivity contribution in [3.63, 3.8) is 0 Å². The van der Waals surface area contributed by atoms with E-state index < -0.39 is 21.1 Å². The molecule has 1 atom stereocenters. The topological polar surface area (TPSA) is 80.7 Å². The molecule has 5 nitrogen and oxygen atoms in total. The van der Waals surface area contributed by atoms with Gasteiger partial charge in [-0.05, 0) is 12.5 Å². The Morgan fingerprint density at radius 3 is 2.61 bits per heavy atom. The van der Waals surface area contributed by atoms with Crippen LogP contribution in [0.2, 0.25) is 0 Å². The van der Waals surface area contributed by atoms with Crippen molar-refractivity contribution in [2.75, 3.05) is 13.7 Å². The molecule has 0 aromatic heterocycles. The molecule has 1 rings (SSSR count). The van der Waals surface area contributed by atoms with Crippen LogP contribution in [0.15, 0.2) is 24.3 Å². The van der Waals surface area contributed by atoms with Crippen LogP contribution < -0.4 is 0 Å². The van der Waals surface area contributed by atoms with Gasteiger partial charge in [-0.2, -0.15) is 0 Å². The fourth-order valence-electron chi connectivity index (χ4n) is 1.61. The molecule has 18 heavy (non-hydrogen) atoms. The lowest BCUT2D eigenvalue weighted by molar-refractivity contribution is -0.137. The van der Waals surface area contributed by atoms with E-state index >= 15 is 0 Å². The Bertz CT molecular complexity index is 521. The Hall–Kier alpha value is -1.40. The first-order valence-electron chi connectivity index (χ1n) is 5.35. The van der Waals surface area contributed by atoms with Crippen LogP contribution in [0.4, 0.5) is 0 Å². The molecule has 0 aliphatic heterocycles. The maximum Gasteiger partial charge on any atom is 0.324 e. The van der Waals surface area contributed by atoms with Crippen molar-refractivity contribution in [2.45, 2.75) is 17.9 Å². The van der Waals surface area contributed by atoms with Gasteiger partial charge in [0.2, 0.25) is 0 Å². The van der Waals surface area contributed by atoms with Crippen molar-refractivity contribution >= 4 is 15.8 Å². The van der Waals surface area contributed by atoms with Gasteiger partial charge in [-0.25, -0.2) is 8.42 Å². The molecule has 100 valence electrons. The Morgan fingerprint density at radius 2 is 2.11 bits per heavy atom. The van der Waals surface area contributed by atoms with Gasteiger partial charge in [0.25, 0.3) is 0 Å². The van der Waals surface area contributed by atoms with E-state index in [-0.39, 0.29) is 12.4 Å². The number of benzene rings is 1. The first-order chi connectivity index (χ1) is 8.36. The third-order valence-corrected chi connectivity index (χ3v) is 4.42. The predicted molar refractivity (Wildman–Crippen MR) is 67.1 cm³/mol. The van der Waals surface area contributed by atoms with Gasteiger partial charge >= 0.3 is 5.97 Å². The second kappa shape index (κ2) is 5.97. The number of ether oxygens (including phenoxy) is 1. The maximum absolute atomic E-state index is 12.0. The first-order valence-corrected chi connectivity index (χ1v) is 7.07. The summed E-state index contributed by atoms with van der Waals surface area (Å²) in [6.45, 7) is 1.50. The van der Waals surface area contributed by atoms with Gasteiger partial charge in [0.1, 0.15) is 0 Å². The quantitative estimate of drug-likeness (QED) is 0.836. The summed E-state index contributed by atoms with van der Waals surface area (Å²) in [6, 6.07) is 6.98. The average molecular weight is 272 g/mol. The zero-order valence-corrected chi connectivity index (χ0v) is 11.1. The van der Waals surface area contributed by atoms with E-state index in [1.54, 1.807) is 18.2 Å². The highest BCUT2D eigenvalue weighted by Crippen LogP contribution is 2.13. The Balaban J connectivity index is 2.96. The first kappa shape index (κ1) is 14.7. The minimum atomic E-state index is -3.78. The Morgan fingerprint density at radius 1 is 1.44 bits per heavy atom. The van der Waals surface area contributed by atoms with E-state index in [0.717, 1.165) is 5.56 Å². The van der Waals surface area contributed by atoms with Crippen LogP contribution in [0.5, 0.6) is 0 Å². The minimum Gasteiger partial charge on any atom is -0.480 e. The number of carbonyl (C=O) groups is 1. The van der Waals surface area contributed by atoms with Crippen molar-refractivity contribution in [3.8, 4) is 0 Å². The molecular formula is C12H16O5S. The highest BCUT2D eigenvalue weighted by atomic mass is 32.2. The van der Waals surface area contributed by atoms with Gasteiger partial charge in [0, 0.05) is 7.11 Å². The molecule has 0 heterocycles. The monoisotopic (exact) mass is 272 g/mol. The normalized spacial score (nSPS) is 13.2. The fraction of sp³-hybridized carbons (Fsp3) is 0.417. The van der Waals surface area contributed by atoms with Crippen LogP contribution in [0.1, 0.15) is 11.1 Å². The lowest BCUT2D eigenvalue weighted by Crippen LogP contribution is -2.35. The van der Waals surface area contributed by atoms with Crippen LogP contribution in [0.25, 0.3) is 0 Å². The average Bonchev–Trinajstić information content (AvgIpc) is 2.24. The molecule has 0 bridgehead atoms. The predicted octanol–water partition coefficient (Wildman–Crippen LogP) is 1.01. The van der Waals surface area contributed by atoms with E-state index in [1.165, 1.54) is 7.11 Å². The number of sulfone groups is 1. The number of carboxylic acids is 1. The van der Waals surface area contributed by atoms with Crippen LogP contribution in [-0.4, -0.2) is 38.5 Å². The van der Waals surface area contributed by atoms with E-state index in [9.17, 15) is 13.2 Å². The largest absolute Gasteiger partial charge is 0.480 e. The van der Waals surface area contributed by atoms with Gasteiger partial charge in [0.05, 0.1) is 12.4 Å². The van der Waals surface area contributed by atoms with Gasteiger partial charge in [-0.1, -0.05) is 29.8 Å². The molecule has 0 saturated heterocycles. The molecule has 1 N–H and O–H groups in total. The van der Waals surface area contributed by atoms with Gasteiger partial charge < -0.3 is 9.84 Å². The second-order valence-corrected chi connectivity index (χ2v) is 6.26. The Kier molecular flexibility index (Phi) is 4.86. The molecule has 0 amide bonds. The molecule has 0 fully saturated rings.